The van der Waals surface area contributed by atoms with Crippen LogP contribution < -0.4 is 0 Å². The lowest BCUT2D eigenvalue weighted by atomic mass is 10.1. The van der Waals surface area contributed by atoms with Crippen molar-refractivity contribution in [3.63, 3.8) is 0 Å². The first-order valence-corrected chi connectivity index (χ1v) is 4.99. The Labute approximate surface area is 81.8 Å². The van der Waals surface area contributed by atoms with Crippen molar-refractivity contribution < 1.29 is 9.28 Å². The second-order valence-electron chi connectivity index (χ2n) is 4.36. The maximum Gasteiger partial charge on any atom is 0.160 e. The van der Waals surface area contributed by atoms with E-state index in [2.05, 4.69) is 6.92 Å². The minimum Gasteiger partial charge on any atom is -0.304 e. The molecular formula is C11H22NO+. The van der Waals surface area contributed by atoms with Gasteiger partial charge in [-0.25, -0.2) is 0 Å². The molecule has 0 N–H and O–H groups in total. The van der Waals surface area contributed by atoms with Gasteiger partial charge in [0.25, 0.3) is 0 Å². The average Bonchev–Trinajstić information content (AvgIpc) is 2.00. The highest BCUT2D eigenvalue weighted by molar-refractivity contribution is 5.89. The average molecular weight is 184 g/mol. The minimum atomic E-state index is 0.251. The molecular weight excluding hydrogens is 162 g/mol. The van der Waals surface area contributed by atoms with Crippen LogP contribution in [0.2, 0.25) is 0 Å². The fourth-order valence-electron chi connectivity index (χ4n) is 0.939. The fraction of sp³-hybridized carbons (Fsp3) is 0.727. The van der Waals surface area contributed by atoms with Crippen LogP contribution >= 0.6 is 0 Å². The van der Waals surface area contributed by atoms with Crippen molar-refractivity contribution in [2.24, 2.45) is 0 Å². The van der Waals surface area contributed by atoms with Crippen LogP contribution in [0, 0.1) is 0 Å². The molecule has 0 amide bonds. The van der Waals surface area contributed by atoms with E-state index in [1.54, 1.807) is 6.08 Å². The molecule has 0 aromatic carbocycles. The van der Waals surface area contributed by atoms with E-state index in [4.69, 9.17) is 0 Å². The van der Waals surface area contributed by atoms with Gasteiger partial charge in [0.05, 0.1) is 27.3 Å². The summed E-state index contributed by atoms with van der Waals surface area (Å²) in [6, 6.07) is 0. The summed E-state index contributed by atoms with van der Waals surface area (Å²) in [5, 5.41) is 0. The molecule has 0 unspecified atom stereocenters. The Balaban J connectivity index is 3.68. The summed E-state index contributed by atoms with van der Waals surface area (Å²) in [7, 11) is 6.11. The number of nitrogens with zero attached hydrogens (tertiary/aromatic N) is 1. The van der Waals surface area contributed by atoms with E-state index in [9.17, 15) is 4.79 Å². The first-order valence-electron chi connectivity index (χ1n) is 4.99. The van der Waals surface area contributed by atoms with Gasteiger partial charge in [0, 0.05) is 12.5 Å². The summed E-state index contributed by atoms with van der Waals surface area (Å²) in [6.45, 7) is 2.15. The molecule has 0 aliphatic heterocycles. The largest absolute Gasteiger partial charge is 0.304 e. The van der Waals surface area contributed by atoms with Crippen LogP contribution in [0.3, 0.4) is 0 Å². The number of hydrogen-bond acceptors (Lipinski definition) is 1. The Bertz CT molecular complexity index is 177. The van der Waals surface area contributed by atoms with E-state index in [0.29, 0.717) is 10.9 Å². The Morgan fingerprint density at radius 1 is 1.23 bits per heavy atom. The van der Waals surface area contributed by atoms with Crippen LogP contribution in [0.4, 0.5) is 0 Å². The molecule has 0 radical (unpaired) electrons. The van der Waals surface area contributed by atoms with Gasteiger partial charge in [-0.15, -0.1) is 0 Å². The van der Waals surface area contributed by atoms with E-state index in [1.165, 1.54) is 6.42 Å². The topological polar surface area (TPSA) is 17.1 Å². The third-order valence-corrected chi connectivity index (χ3v) is 1.73. The van der Waals surface area contributed by atoms with Gasteiger partial charge in [-0.3, -0.25) is 4.79 Å². The van der Waals surface area contributed by atoms with Crippen molar-refractivity contribution in [1.82, 2.24) is 0 Å². The van der Waals surface area contributed by atoms with Gasteiger partial charge in [-0.2, -0.15) is 0 Å². The first kappa shape index (κ1) is 12.4. The zero-order chi connectivity index (χ0) is 10.3. The quantitative estimate of drug-likeness (QED) is 0.352. The lowest BCUT2D eigenvalue weighted by Gasteiger charge is -2.16. The number of allylic oxidation sites excluding steroid dienone is 1. The Hall–Kier alpha value is -0.630. The summed E-state index contributed by atoms with van der Waals surface area (Å²) >= 11 is 0. The van der Waals surface area contributed by atoms with Gasteiger partial charge in [0.2, 0.25) is 0 Å². The molecule has 0 aromatic heterocycles. The van der Waals surface area contributed by atoms with Crippen LogP contribution in [0.1, 0.15) is 32.6 Å². The van der Waals surface area contributed by atoms with Crippen molar-refractivity contribution in [3.8, 4) is 0 Å². The number of carbonyl (C=O) groups excluding carboxylic acids is 1. The molecule has 0 aromatic rings. The lowest BCUT2D eigenvalue weighted by molar-refractivity contribution is -0.817. The highest BCUT2D eigenvalue weighted by atomic mass is 16.1. The standard InChI is InChI=1S/C11H22NO/c1-5-6-7-8-11(13)9-10-12(2,3)4/h9-10H,5-8H2,1-4H3/q+1/b10-9+. The van der Waals surface area contributed by atoms with Crippen LogP contribution in [0.5, 0.6) is 0 Å². The van der Waals surface area contributed by atoms with Crippen molar-refractivity contribution in [1.29, 1.82) is 0 Å². The highest BCUT2D eigenvalue weighted by Gasteiger charge is 2.02. The van der Waals surface area contributed by atoms with E-state index in [-0.39, 0.29) is 5.78 Å². The van der Waals surface area contributed by atoms with Crippen molar-refractivity contribution in [3.05, 3.63) is 12.3 Å². The van der Waals surface area contributed by atoms with Gasteiger partial charge in [0.15, 0.2) is 5.78 Å². The van der Waals surface area contributed by atoms with Gasteiger partial charge in [-0.1, -0.05) is 19.8 Å². The third-order valence-electron chi connectivity index (χ3n) is 1.73. The molecule has 2 nitrogen and oxygen atoms in total. The van der Waals surface area contributed by atoms with Crippen molar-refractivity contribution in [2.75, 3.05) is 21.1 Å². The van der Waals surface area contributed by atoms with Crippen LogP contribution in [-0.4, -0.2) is 31.4 Å². The smallest absolute Gasteiger partial charge is 0.160 e. The van der Waals surface area contributed by atoms with Crippen molar-refractivity contribution in [2.45, 2.75) is 32.6 Å². The third kappa shape index (κ3) is 9.28. The van der Waals surface area contributed by atoms with E-state index in [1.807, 2.05) is 27.3 Å². The van der Waals surface area contributed by atoms with Gasteiger partial charge in [-0.05, 0) is 6.42 Å². The number of unbranched alkanes of at least 4 members (excludes halogenated alkanes) is 2. The molecule has 0 spiro atoms. The van der Waals surface area contributed by atoms with E-state index >= 15 is 0 Å². The fourth-order valence-corrected chi connectivity index (χ4v) is 0.939. The Kier molecular flexibility index (Phi) is 5.63. The molecule has 0 rings (SSSR count). The zero-order valence-electron chi connectivity index (χ0n) is 9.34. The number of quaternary nitrogens is 1. The highest BCUT2D eigenvalue weighted by Crippen LogP contribution is 2.01. The summed E-state index contributed by atoms with van der Waals surface area (Å²) in [4.78, 5) is 11.3. The molecule has 0 fully saturated rings. The number of hydrogen-bond donors (Lipinski definition) is 0. The second-order valence-corrected chi connectivity index (χ2v) is 4.36. The molecule has 0 saturated carbocycles. The minimum absolute atomic E-state index is 0.251. The molecule has 76 valence electrons. The SMILES string of the molecule is CCCCCC(=O)/C=C/[N+](C)(C)C. The van der Waals surface area contributed by atoms with Gasteiger partial charge < -0.3 is 4.48 Å². The summed E-state index contributed by atoms with van der Waals surface area (Å²) in [5.41, 5.74) is 0. The van der Waals surface area contributed by atoms with Crippen LogP contribution in [-0.2, 0) is 4.79 Å². The predicted molar refractivity (Wildman–Crippen MR) is 56.3 cm³/mol. The van der Waals surface area contributed by atoms with Crippen LogP contribution in [0.15, 0.2) is 12.3 Å². The molecule has 0 aliphatic carbocycles. The number of rotatable bonds is 6. The van der Waals surface area contributed by atoms with Crippen molar-refractivity contribution >= 4 is 5.78 Å². The zero-order valence-corrected chi connectivity index (χ0v) is 9.34. The summed E-state index contributed by atoms with van der Waals surface area (Å²) < 4.78 is 0.708. The summed E-state index contributed by atoms with van der Waals surface area (Å²) in [6.07, 6.45) is 7.68. The van der Waals surface area contributed by atoms with Crippen LogP contribution in [0.25, 0.3) is 0 Å². The Morgan fingerprint density at radius 2 is 1.85 bits per heavy atom. The lowest BCUT2D eigenvalue weighted by Crippen LogP contribution is -2.27. The predicted octanol–water partition coefficient (Wildman–Crippen LogP) is 2.36. The van der Waals surface area contributed by atoms with Gasteiger partial charge in [0.1, 0.15) is 0 Å². The maximum absolute atomic E-state index is 11.3. The van der Waals surface area contributed by atoms with E-state index < -0.39 is 0 Å². The number of carbonyl (C=O) groups is 1. The van der Waals surface area contributed by atoms with E-state index in [0.717, 1.165) is 12.8 Å². The van der Waals surface area contributed by atoms with Gasteiger partial charge >= 0.3 is 0 Å². The molecule has 2 heteroatoms. The molecule has 0 bridgehead atoms. The maximum atomic E-state index is 11.3. The second kappa shape index (κ2) is 5.92. The Morgan fingerprint density at radius 3 is 2.31 bits per heavy atom. The normalized spacial score (nSPS) is 12.3. The molecule has 13 heavy (non-hydrogen) atoms. The monoisotopic (exact) mass is 184 g/mol. The molecule has 0 atom stereocenters. The first-order chi connectivity index (χ1) is 5.95. The molecule has 0 aliphatic rings. The summed E-state index contributed by atoms with van der Waals surface area (Å²) in [5.74, 6) is 0.251. The molecule has 0 saturated heterocycles. The molecule has 0 heterocycles. The number of ketones is 1.